The van der Waals surface area contributed by atoms with Crippen molar-refractivity contribution in [2.45, 2.75) is 19.0 Å². The zero-order valence-electron chi connectivity index (χ0n) is 17.8. The molecule has 0 bridgehead atoms. The van der Waals surface area contributed by atoms with Gasteiger partial charge in [-0.2, -0.15) is 0 Å². The molecular formula is C27H22N2O4. The Bertz CT molecular complexity index is 1270. The number of rotatable bonds is 5. The molecule has 0 spiro atoms. The van der Waals surface area contributed by atoms with Gasteiger partial charge in [0.25, 0.3) is 5.91 Å². The van der Waals surface area contributed by atoms with Gasteiger partial charge >= 0.3 is 0 Å². The number of anilines is 1. The Hall–Kier alpha value is -4.32. The van der Waals surface area contributed by atoms with E-state index in [1.165, 1.54) is 6.26 Å². The number of carbonyl (C=O) groups is 2. The predicted octanol–water partition coefficient (Wildman–Crippen LogP) is 5.28. The van der Waals surface area contributed by atoms with Crippen molar-refractivity contribution in [2.75, 3.05) is 5.32 Å². The van der Waals surface area contributed by atoms with Crippen LogP contribution in [0.1, 0.15) is 21.7 Å². The number of benzene rings is 3. The zero-order valence-corrected chi connectivity index (χ0v) is 17.8. The van der Waals surface area contributed by atoms with Crippen molar-refractivity contribution in [1.82, 2.24) is 4.90 Å². The maximum Gasteiger partial charge on any atom is 0.290 e. The summed E-state index contributed by atoms with van der Waals surface area (Å²) in [5.74, 6) is 0.801. The summed E-state index contributed by atoms with van der Waals surface area (Å²) in [5.41, 5.74) is 2.61. The summed E-state index contributed by atoms with van der Waals surface area (Å²) in [4.78, 5) is 28.2. The average Bonchev–Trinajstić information content (AvgIpc) is 3.40. The van der Waals surface area contributed by atoms with Crippen LogP contribution in [0.4, 0.5) is 5.69 Å². The van der Waals surface area contributed by atoms with E-state index in [1.54, 1.807) is 29.2 Å². The number of carbonyl (C=O) groups excluding carboxylic acids is 2. The van der Waals surface area contributed by atoms with Crippen LogP contribution in [-0.4, -0.2) is 22.8 Å². The third kappa shape index (κ3) is 4.36. The highest BCUT2D eigenvalue weighted by Gasteiger charge is 2.36. The summed E-state index contributed by atoms with van der Waals surface area (Å²) < 4.78 is 11.3. The second-order valence-corrected chi connectivity index (χ2v) is 7.80. The van der Waals surface area contributed by atoms with Gasteiger partial charge in [0.15, 0.2) is 11.5 Å². The van der Waals surface area contributed by atoms with E-state index in [-0.39, 0.29) is 17.6 Å². The molecule has 2 amide bonds. The van der Waals surface area contributed by atoms with Crippen molar-refractivity contribution in [1.29, 1.82) is 0 Å². The summed E-state index contributed by atoms with van der Waals surface area (Å²) >= 11 is 0. The van der Waals surface area contributed by atoms with Crippen LogP contribution in [0.3, 0.4) is 0 Å². The van der Waals surface area contributed by atoms with Crippen LogP contribution in [-0.2, 0) is 17.8 Å². The molecule has 0 aliphatic carbocycles. The molecule has 164 valence electrons. The Morgan fingerprint density at radius 1 is 0.848 bits per heavy atom. The molecule has 1 atom stereocenters. The normalized spacial score (nSPS) is 14.9. The number of nitrogens with zero attached hydrogens (tertiary/aromatic N) is 1. The topological polar surface area (TPSA) is 71.8 Å². The molecule has 5 rings (SSSR count). The molecule has 33 heavy (non-hydrogen) atoms. The largest absolute Gasteiger partial charge is 0.459 e. The molecule has 3 aromatic carbocycles. The van der Waals surface area contributed by atoms with Gasteiger partial charge in [0, 0.05) is 13.0 Å². The first-order valence-electron chi connectivity index (χ1n) is 10.7. The van der Waals surface area contributed by atoms with Crippen molar-refractivity contribution >= 4 is 17.5 Å². The molecule has 0 fully saturated rings. The van der Waals surface area contributed by atoms with E-state index >= 15 is 0 Å². The molecule has 1 aliphatic rings. The highest BCUT2D eigenvalue weighted by atomic mass is 16.5. The average molecular weight is 438 g/mol. The Balaban J connectivity index is 1.42. The van der Waals surface area contributed by atoms with E-state index in [0.29, 0.717) is 30.2 Å². The number of furan rings is 1. The summed E-state index contributed by atoms with van der Waals surface area (Å²) in [5, 5.41) is 2.97. The Morgan fingerprint density at radius 2 is 1.58 bits per heavy atom. The van der Waals surface area contributed by atoms with Gasteiger partial charge in [-0.05, 0) is 47.5 Å². The molecule has 4 aromatic rings. The molecule has 0 radical (unpaired) electrons. The Morgan fingerprint density at radius 3 is 2.36 bits per heavy atom. The maximum absolute atomic E-state index is 13.5. The lowest BCUT2D eigenvalue weighted by molar-refractivity contribution is -0.121. The van der Waals surface area contributed by atoms with Crippen LogP contribution >= 0.6 is 0 Å². The fourth-order valence-electron chi connectivity index (χ4n) is 4.00. The third-order valence-electron chi connectivity index (χ3n) is 5.66. The van der Waals surface area contributed by atoms with Gasteiger partial charge in [-0.25, -0.2) is 0 Å². The standard InChI is InChI=1S/C27H22N2O4/c30-26(28-22-13-6-7-14-24(22)33-21-11-2-1-3-12-21)23-17-19-9-4-5-10-20(19)18-29(23)27(31)25-15-8-16-32-25/h1-16,23H,17-18H2,(H,28,30). The maximum atomic E-state index is 13.5. The van der Waals surface area contributed by atoms with Gasteiger partial charge in [-0.15, -0.1) is 0 Å². The predicted molar refractivity (Wildman–Crippen MR) is 124 cm³/mol. The van der Waals surface area contributed by atoms with E-state index < -0.39 is 6.04 Å². The molecule has 1 N–H and O–H groups in total. The first-order chi connectivity index (χ1) is 16.2. The monoisotopic (exact) mass is 438 g/mol. The van der Waals surface area contributed by atoms with Crippen LogP contribution < -0.4 is 10.1 Å². The van der Waals surface area contributed by atoms with Crippen LogP contribution in [0.15, 0.2) is 102 Å². The van der Waals surface area contributed by atoms with E-state index in [4.69, 9.17) is 9.15 Å². The van der Waals surface area contributed by atoms with E-state index in [2.05, 4.69) is 5.32 Å². The van der Waals surface area contributed by atoms with Crippen molar-refractivity contribution < 1.29 is 18.7 Å². The van der Waals surface area contributed by atoms with Gasteiger partial charge in [-0.1, -0.05) is 54.6 Å². The zero-order chi connectivity index (χ0) is 22.6. The van der Waals surface area contributed by atoms with Gasteiger partial charge in [-0.3, -0.25) is 9.59 Å². The summed E-state index contributed by atoms with van der Waals surface area (Å²) in [6, 6.07) is 27.1. The van der Waals surface area contributed by atoms with E-state index in [0.717, 1.165) is 11.1 Å². The van der Waals surface area contributed by atoms with E-state index in [9.17, 15) is 9.59 Å². The van der Waals surface area contributed by atoms with Crippen LogP contribution in [0, 0.1) is 0 Å². The Kier molecular flexibility index (Phi) is 5.64. The van der Waals surface area contributed by atoms with Crippen molar-refractivity contribution in [3.63, 3.8) is 0 Å². The van der Waals surface area contributed by atoms with Crippen molar-refractivity contribution in [3.8, 4) is 11.5 Å². The SMILES string of the molecule is O=C(Nc1ccccc1Oc1ccccc1)C1Cc2ccccc2CN1C(=O)c1ccco1. The molecule has 0 saturated heterocycles. The first kappa shape index (κ1) is 20.6. The van der Waals surface area contributed by atoms with Crippen molar-refractivity contribution in [3.05, 3.63) is 114 Å². The minimum Gasteiger partial charge on any atom is -0.459 e. The molecule has 2 heterocycles. The highest BCUT2D eigenvalue weighted by molar-refractivity contribution is 6.01. The number of hydrogen-bond donors (Lipinski definition) is 1. The van der Waals surface area contributed by atoms with Gasteiger partial charge in [0.05, 0.1) is 12.0 Å². The molecule has 1 aromatic heterocycles. The fraction of sp³-hybridized carbons (Fsp3) is 0.111. The first-order valence-corrected chi connectivity index (χ1v) is 10.7. The van der Waals surface area contributed by atoms with Crippen LogP contribution in [0.2, 0.25) is 0 Å². The van der Waals surface area contributed by atoms with Crippen molar-refractivity contribution in [2.24, 2.45) is 0 Å². The van der Waals surface area contributed by atoms with Gasteiger partial charge in [0.2, 0.25) is 5.91 Å². The fourth-order valence-corrected chi connectivity index (χ4v) is 4.00. The molecule has 6 nitrogen and oxygen atoms in total. The lowest BCUT2D eigenvalue weighted by Gasteiger charge is -2.35. The third-order valence-corrected chi connectivity index (χ3v) is 5.66. The number of nitrogens with one attached hydrogen (secondary N) is 1. The van der Waals surface area contributed by atoms with Gasteiger partial charge < -0.3 is 19.4 Å². The molecule has 1 unspecified atom stereocenters. The molecule has 1 aliphatic heterocycles. The Labute approximate surface area is 191 Å². The van der Waals surface area contributed by atoms with Crippen LogP contribution in [0.25, 0.3) is 0 Å². The lowest BCUT2D eigenvalue weighted by Crippen LogP contribution is -2.50. The minimum atomic E-state index is -0.692. The second kappa shape index (κ2) is 9.04. The van der Waals surface area contributed by atoms with E-state index in [1.807, 2.05) is 66.7 Å². The molecular weight excluding hydrogens is 416 g/mol. The number of fused-ring (bicyclic) bond motifs is 1. The summed E-state index contributed by atoms with van der Waals surface area (Å²) in [7, 11) is 0. The highest BCUT2D eigenvalue weighted by Crippen LogP contribution is 2.31. The van der Waals surface area contributed by atoms with Crippen LogP contribution in [0.5, 0.6) is 11.5 Å². The second-order valence-electron chi connectivity index (χ2n) is 7.80. The lowest BCUT2D eigenvalue weighted by atomic mass is 9.93. The number of para-hydroxylation sites is 3. The molecule has 6 heteroatoms. The summed E-state index contributed by atoms with van der Waals surface area (Å²) in [6.45, 7) is 0.329. The number of ether oxygens (including phenoxy) is 1. The smallest absolute Gasteiger partial charge is 0.290 e. The summed E-state index contributed by atoms with van der Waals surface area (Å²) in [6.07, 6.45) is 1.87. The molecule has 0 saturated carbocycles. The number of hydrogen-bond acceptors (Lipinski definition) is 4. The quantitative estimate of drug-likeness (QED) is 0.460. The van der Waals surface area contributed by atoms with Gasteiger partial charge in [0.1, 0.15) is 11.8 Å². The minimum absolute atomic E-state index is 0.208. The number of amides is 2.